The summed E-state index contributed by atoms with van der Waals surface area (Å²) < 4.78 is 10.2. The summed E-state index contributed by atoms with van der Waals surface area (Å²) in [6, 6.07) is 2.03. The van der Waals surface area contributed by atoms with Crippen molar-refractivity contribution in [1.29, 1.82) is 0 Å². The number of carbonyl (C=O) groups is 2. The highest BCUT2D eigenvalue weighted by Crippen LogP contribution is 2.11. The van der Waals surface area contributed by atoms with Crippen molar-refractivity contribution in [2.24, 2.45) is 4.99 Å². The zero-order valence-electron chi connectivity index (χ0n) is 16.9. The van der Waals surface area contributed by atoms with E-state index in [1.165, 1.54) is 6.26 Å². The number of amides is 2. The van der Waals surface area contributed by atoms with Gasteiger partial charge < -0.3 is 30.0 Å². The number of furan rings is 1. The molecule has 1 aliphatic rings. The average Bonchev–Trinajstić information content (AvgIpc) is 3.13. The summed E-state index contributed by atoms with van der Waals surface area (Å²) in [5.41, 5.74) is 0.828. The van der Waals surface area contributed by atoms with E-state index in [1.54, 1.807) is 18.0 Å². The highest BCUT2D eigenvalue weighted by molar-refractivity contribution is 5.92. The molecule has 0 unspecified atom stereocenters. The highest BCUT2D eigenvalue weighted by atomic mass is 16.6. The van der Waals surface area contributed by atoms with Crippen LogP contribution in [0.3, 0.4) is 0 Å². The van der Waals surface area contributed by atoms with Crippen LogP contribution in [0.4, 0.5) is 4.79 Å². The van der Waals surface area contributed by atoms with E-state index in [0.29, 0.717) is 38.5 Å². The topological polar surface area (TPSA) is 108 Å². The molecule has 0 atom stereocenters. The Labute approximate surface area is 165 Å². The maximum Gasteiger partial charge on any atom is 0.409 e. The predicted molar refractivity (Wildman–Crippen MR) is 107 cm³/mol. The van der Waals surface area contributed by atoms with Crippen molar-refractivity contribution in [2.45, 2.75) is 39.2 Å². The van der Waals surface area contributed by atoms with Crippen LogP contribution in [-0.4, -0.2) is 68.7 Å². The fourth-order valence-electron chi connectivity index (χ4n) is 2.99. The molecule has 9 heteroatoms. The molecule has 0 saturated carbocycles. The van der Waals surface area contributed by atoms with Crippen LogP contribution in [0.15, 0.2) is 21.7 Å². The summed E-state index contributed by atoms with van der Waals surface area (Å²) in [4.78, 5) is 29.7. The Balaban J connectivity index is 1.61. The standard InChI is InChI=1S/C19H31N5O4/c1-4-27-19(26)24-11-6-15(7-12-24)23-18(20-3)22-10-5-9-21-17(25)16-14(2)8-13-28-16/h8,13,15H,4-7,9-12H2,1-3H3,(H,21,25)(H2,20,22,23). The van der Waals surface area contributed by atoms with Crippen LogP contribution in [0.25, 0.3) is 0 Å². The lowest BCUT2D eigenvalue weighted by atomic mass is 10.1. The lowest BCUT2D eigenvalue weighted by Gasteiger charge is -2.32. The minimum absolute atomic E-state index is 0.196. The molecule has 1 aromatic heterocycles. The summed E-state index contributed by atoms with van der Waals surface area (Å²) in [5, 5.41) is 9.48. The molecule has 2 amide bonds. The van der Waals surface area contributed by atoms with Crippen LogP contribution in [0.5, 0.6) is 0 Å². The summed E-state index contributed by atoms with van der Waals surface area (Å²) >= 11 is 0. The summed E-state index contributed by atoms with van der Waals surface area (Å²) in [5.74, 6) is 0.890. The molecular weight excluding hydrogens is 362 g/mol. The second-order valence-electron chi connectivity index (χ2n) is 6.65. The summed E-state index contributed by atoms with van der Waals surface area (Å²) in [6.45, 7) is 6.62. The Bertz CT molecular complexity index is 665. The second-order valence-corrected chi connectivity index (χ2v) is 6.65. The molecular formula is C19H31N5O4. The van der Waals surface area contributed by atoms with Gasteiger partial charge in [0.15, 0.2) is 11.7 Å². The van der Waals surface area contributed by atoms with Gasteiger partial charge in [0.05, 0.1) is 12.9 Å². The van der Waals surface area contributed by atoms with Gasteiger partial charge in [0.1, 0.15) is 0 Å². The van der Waals surface area contributed by atoms with Gasteiger partial charge in [0.25, 0.3) is 5.91 Å². The fourth-order valence-corrected chi connectivity index (χ4v) is 2.99. The smallest absolute Gasteiger partial charge is 0.409 e. The molecule has 2 rings (SSSR count). The van der Waals surface area contributed by atoms with Crippen LogP contribution in [0.1, 0.15) is 42.3 Å². The maximum absolute atomic E-state index is 12.0. The number of ether oxygens (including phenoxy) is 1. The third-order valence-electron chi connectivity index (χ3n) is 4.59. The summed E-state index contributed by atoms with van der Waals surface area (Å²) in [6.07, 6.45) is 3.72. The Morgan fingerprint density at radius 3 is 2.61 bits per heavy atom. The molecule has 9 nitrogen and oxygen atoms in total. The molecule has 0 aromatic carbocycles. The quantitative estimate of drug-likeness (QED) is 0.368. The van der Waals surface area contributed by atoms with Crippen LogP contribution in [0.2, 0.25) is 0 Å². The molecule has 1 fully saturated rings. The number of aryl methyl sites for hydroxylation is 1. The van der Waals surface area contributed by atoms with Crippen molar-refractivity contribution >= 4 is 18.0 Å². The van der Waals surface area contributed by atoms with E-state index in [0.717, 1.165) is 30.8 Å². The SMILES string of the molecule is CCOC(=O)N1CCC(NC(=NC)NCCCNC(=O)c2occc2C)CC1. The molecule has 1 aromatic rings. The molecule has 0 spiro atoms. The molecule has 0 aliphatic carbocycles. The van der Waals surface area contributed by atoms with Crippen molar-refractivity contribution in [3.05, 3.63) is 23.7 Å². The van der Waals surface area contributed by atoms with E-state index in [2.05, 4.69) is 20.9 Å². The van der Waals surface area contributed by atoms with E-state index in [4.69, 9.17) is 9.15 Å². The van der Waals surface area contributed by atoms with Crippen LogP contribution in [0, 0.1) is 6.92 Å². The van der Waals surface area contributed by atoms with Crippen molar-refractivity contribution in [3.63, 3.8) is 0 Å². The lowest BCUT2D eigenvalue weighted by molar-refractivity contribution is 0.0923. The zero-order valence-corrected chi connectivity index (χ0v) is 16.9. The van der Waals surface area contributed by atoms with Gasteiger partial charge in [-0.15, -0.1) is 0 Å². The molecule has 0 radical (unpaired) electrons. The number of hydrogen-bond acceptors (Lipinski definition) is 5. The van der Waals surface area contributed by atoms with Gasteiger partial charge in [0.2, 0.25) is 0 Å². The molecule has 156 valence electrons. The third kappa shape index (κ3) is 6.47. The molecule has 0 bridgehead atoms. The minimum atomic E-state index is -0.241. The van der Waals surface area contributed by atoms with Crippen molar-refractivity contribution in [1.82, 2.24) is 20.9 Å². The zero-order chi connectivity index (χ0) is 20.4. The predicted octanol–water partition coefficient (Wildman–Crippen LogP) is 1.49. The number of rotatable bonds is 7. The van der Waals surface area contributed by atoms with Crippen molar-refractivity contribution in [2.75, 3.05) is 39.8 Å². The van der Waals surface area contributed by atoms with E-state index >= 15 is 0 Å². The van der Waals surface area contributed by atoms with Gasteiger partial charge in [-0.2, -0.15) is 0 Å². The Morgan fingerprint density at radius 2 is 2.00 bits per heavy atom. The third-order valence-corrected chi connectivity index (χ3v) is 4.59. The number of guanidine groups is 1. The highest BCUT2D eigenvalue weighted by Gasteiger charge is 2.24. The van der Waals surface area contributed by atoms with Gasteiger partial charge in [0, 0.05) is 44.8 Å². The van der Waals surface area contributed by atoms with Gasteiger partial charge in [-0.05, 0) is 39.2 Å². The number of nitrogens with one attached hydrogen (secondary N) is 3. The average molecular weight is 393 g/mol. The number of likely N-dealkylation sites (tertiary alicyclic amines) is 1. The Hall–Kier alpha value is -2.71. The van der Waals surface area contributed by atoms with E-state index < -0.39 is 0 Å². The number of hydrogen-bond donors (Lipinski definition) is 3. The van der Waals surface area contributed by atoms with Crippen LogP contribution >= 0.6 is 0 Å². The monoisotopic (exact) mass is 393 g/mol. The minimum Gasteiger partial charge on any atom is -0.459 e. The Morgan fingerprint density at radius 1 is 1.29 bits per heavy atom. The van der Waals surface area contributed by atoms with Crippen molar-refractivity contribution in [3.8, 4) is 0 Å². The van der Waals surface area contributed by atoms with Gasteiger partial charge >= 0.3 is 6.09 Å². The molecule has 1 saturated heterocycles. The van der Waals surface area contributed by atoms with Crippen LogP contribution in [-0.2, 0) is 4.74 Å². The number of carbonyl (C=O) groups excluding carboxylic acids is 2. The first-order valence-corrected chi connectivity index (χ1v) is 9.76. The van der Waals surface area contributed by atoms with E-state index in [-0.39, 0.29) is 18.0 Å². The van der Waals surface area contributed by atoms with E-state index in [9.17, 15) is 9.59 Å². The van der Waals surface area contributed by atoms with E-state index in [1.807, 2.05) is 13.8 Å². The number of nitrogens with zero attached hydrogens (tertiary/aromatic N) is 2. The first-order valence-electron chi connectivity index (χ1n) is 9.76. The normalized spacial score (nSPS) is 15.2. The van der Waals surface area contributed by atoms with Crippen LogP contribution < -0.4 is 16.0 Å². The first-order chi connectivity index (χ1) is 13.5. The lowest BCUT2D eigenvalue weighted by Crippen LogP contribution is -2.50. The molecule has 3 N–H and O–H groups in total. The Kier molecular flexibility index (Phi) is 8.64. The van der Waals surface area contributed by atoms with Gasteiger partial charge in [-0.1, -0.05) is 0 Å². The number of piperidine rings is 1. The molecule has 2 heterocycles. The second kappa shape index (κ2) is 11.2. The first kappa shape index (κ1) is 21.6. The number of aliphatic imine (C=N–C) groups is 1. The molecule has 28 heavy (non-hydrogen) atoms. The fraction of sp³-hybridized carbons (Fsp3) is 0.632. The van der Waals surface area contributed by atoms with Gasteiger partial charge in [-0.25, -0.2) is 4.79 Å². The largest absolute Gasteiger partial charge is 0.459 e. The van der Waals surface area contributed by atoms with Gasteiger partial charge in [-0.3, -0.25) is 9.79 Å². The maximum atomic E-state index is 12.0. The summed E-state index contributed by atoms with van der Waals surface area (Å²) in [7, 11) is 1.73. The molecule has 1 aliphatic heterocycles. The van der Waals surface area contributed by atoms with Crippen molar-refractivity contribution < 1.29 is 18.7 Å².